The zero-order valence-electron chi connectivity index (χ0n) is 10.5. The Morgan fingerprint density at radius 2 is 1.39 bits per heavy atom. The predicted octanol–water partition coefficient (Wildman–Crippen LogP) is -0.333. The van der Waals surface area contributed by atoms with Crippen LogP contribution >= 0.6 is 0 Å². The number of nitrogens with zero attached hydrogens (tertiary/aromatic N) is 1. The summed E-state index contributed by atoms with van der Waals surface area (Å²) in [5.41, 5.74) is 5.11. The zero-order valence-corrected chi connectivity index (χ0v) is 10.5. The van der Waals surface area contributed by atoms with Crippen LogP contribution in [-0.4, -0.2) is 36.1 Å². The standard InChI is InChI=1S/C11H18N4O3/c1-3-5-9(16)13-7-15(11(12)18)8-14-10(17)6-4-2/h3-6H,7-8H2,1-2H3,(H2,12,18)(H,13,16)(H,14,17). The second-order valence-corrected chi connectivity index (χ2v) is 3.28. The minimum Gasteiger partial charge on any atom is -0.351 e. The third-order valence-electron chi connectivity index (χ3n) is 1.84. The summed E-state index contributed by atoms with van der Waals surface area (Å²) in [5.74, 6) is -0.688. The molecule has 0 saturated carbocycles. The first kappa shape index (κ1) is 15.7. The molecular weight excluding hydrogens is 236 g/mol. The monoisotopic (exact) mass is 254 g/mol. The molecule has 0 aliphatic heterocycles. The van der Waals surface area contributed by atoms with Gasteiger partial charge in [-0.1, -0.05) is 12.2 Å². The van der Waals surface area contributed by atoms with Crippen molar-refractivity contribution in [3.63, 3.8) is 0 Å². The molecule has 0 bridgehead atoms. The number of allylic oxidation sites excluding steroid dienone is 2. The normalized spacial score (nSPS) is 10.6. The highest BCUT2D eigenvalue weighted by molar-refractivity contribution is 5.88. The topological polar surface area (TPSA) is 105 Å². The van der Waals surface area contributed by atoms with Crippen molar-refractivity contribution in [1.82, 2.24) is 15.5 Å². The molecule has 0 fully saturated rings. The molecule has 0 spiro atoms. The number of carbonyl (C=O) groups excluding carboxylic acids is 3. The Bertz CT molecular complexity index is 335. The van der Waals surface area contributed by atoms with Crippen LogP contribution < -0.4 is 16.4 Å². The SMILES string of the molecule is CC=CC(=O)NCN(CNC(=O)C=CC)C(N)=O. The van der Waals surface area contributed by atoms with Crippen LogP contribution in [0.5, 0.6) is 0 Å². The lowest BCUT2D eigenvalue weighted by Gasteiger charge is -2.20. The second-order valence-electron chi connectivity index (χ2n) is 3.28. The highest BCUT2D eigenvalue weighted by Gasteiger charge is 2.10. The molecule has 0 radical (unpaired) electrons. The Morgan fingerprint density at radius 1 is 1.00 bits per heavy atom. The summed E-state index contributed by atoms with van der Waals surface area (Å²) < 4.78 is 0. The van der Waals surface area contributed by atoms with Crippen LogP contribution in [0.25, 0.3) is 0 Å². The van der Waals surface area contributed by atoms with Gasteiger partial charge in [0.2, 0.25) is 11.8 Å². The van der Waals surface area contributed by atoms with Crippen molar-refractivity contribution in [3.8, 4) is 0 Å². The van der Waals surface area contributed by atoms with E-state index in [0.29, 0.717) is 0 Å². The van der Waals surface area contributed by atoms with Crippen LogP contribution in [0.15, 0.2) is 24.3 Å². The third kappa shape index (κ3) is 7.04. The number of urea groups is 1. The highest BCUT2D eigenvalue weighted by Crippen LogP contribution is 1.84. The van der Waals surface area contributed by atoms with E-state index in [2.05, 4.69) is 10.6 Å². The smallest absolute Gasteiger partial charge is 0.317 e. The number of amides is 4. The molecule has 0 aliphatic rings. The molecule has 4 N–H and O–H groups in total. The fraction of sp³-hybridized carbons (Fsp3) is 0.364. The minimum atomic E-state index is -0.739. The van der Waals surface area contributed by atoms with E-state index in [-0.39, 0.29) is 25.2 Å². The maximum atomic E-state index is 11.1. The minimum absolute atomic E-state index is 0.0748. The lowest BCUT2D eigenvalue weighted by molar-refractivity contribution is -0.117. The zero-order chi connectivity index (χ0) is 14.0. The van der Waals surface area contributed by atoms with Crippen molar-refractivity contribution >= 4 is 17.8 Å². The van der Waals surface area contributed by atoms with E-state index >= 15 is 0 Å². The van der Waals surface area contributed by atoms with E-state index in [1.807, 2.05) is 0 Å². The largest absolute Gasteiger partial charge is 0.351 e. The van der Waals surface area contributed by atoms with Gasteiger partial charge < -0.3 is 16.4 Å². The van der Waals surface area contributed by atoms with Crippen LogP contribution in [0.3, 0.4) is 0 Å². The van der Waals surface area contributed by atoms with E-state index < -0.39 is 6.03 Å². The number of carbonyl (C=O) groups is 3. The molecule has 0 aliphatic carbocycles. The van der Waals surface area contributed by atoms with Crippen molar-refractivity contribution in [2.24, 2.45) is 5.73 Å². The quantitative estimate of drug-likeness (QED) is 0.446. The summed E-state index contributed by atoms with van der Waals surface area (Å²) in [6.07, 6.45) is 5.77. The number of hydrogen-bond acceptors (Lipinski definition) is 3. The predicted molar refractivity (Wildman–Crippen MR) is 67.1 cm³/mol. The molecule has 100 valence electrons. The van der Waals surface area contributed by atoms with E-state index in [1.165, 1.54) is 12.2 Å². The van der Waals surface area contributed by atoms with Gasteiger partial charge in [-0.15, -0.1) is 0 Å². The Balaban J connectivity index is 4.20. The van der Waals surface area contributed by atoms with Gasteiger partial charge in [0.15, 0.2) is 0 Å². The van der Waals surface area contributed by atoms with Gasteiger partial charge in [-0.2, -0.15) is 0 Å². The fourth-order valence-electron chi connectivity index (χ4n) is 0.979. The van der Waals surface area contributed by atoms with Crippen molar-refractivity contribution in [3.05, 3.63) is 24.3 Å². The summed E-state index contributed by atoms with van der Waals surface area (Å²) in [7, 11) is 0. The van der Waals surface area contributed by atoms with Crippen LogP contribution in [0.2, 0.25) is 0 Å². The van der Waals surface area contributed by atoms with Gasteiger partial charge >= 0.3 is 6.03 Å². The van der Waals surface area contributed by atoms with Gasteiger partial charge in [0.1, 0.15) is 0 Å². The maximum absolute atomic E-state index is 11.1. The molecule has 7 nitrogen and oxygen atoms in total. The fourth-order valence-corrected chi connectivity index (χ4v) is 0.979. The number of hydrogen-bond donors (Lipinski definition) is 3. The van der Waals surface area contributed by atoms with Gasteiger partial charge in [-0.25, -0.2) is 4.79 Å². The molecule has 0 aromatic heterocycles. The van der Waals surface area contributed by atoms with E-state index in [1.54, 1.807) is 26.0 Å². The molecule has 7 heteroatoms. The lowest BCUT2D eigenvalue weighted by atomic mass is 10.5. The van der Waals surface area contributed by atoms with E-state index in [0.717, 1.165) is 4.90 Å². The maximum Gasteiger partial charge on any atom is 0.317 e. The van der Waals surface area contributed by atoms with Crippen molar-refractivity contribution in [2.75, 3.05) is 13.3 Å². The van der Waals surface area contributed by atoms with Gasteiger partial charge in [0.25, 0.3) is 0 Å². The molecule has 0 unspecified atom stereocenters. The molecule has 18 heavy (non-hydrogen) atoms. The molecule has 0 rings (SSSR count). The first-order valence-corrected chi connectivity index (χ1v) is 5.36. The average molecular weight is 254 g/mol. The average Bonchev–Trinajstić information content (AvgIpc) is 2.29. The van der Waals surface area contributed by atoms with Crippen molar-refractivity contribution < 1.29 is 14.4 Å². The summed E-state index contributed by atoms with van der Waals surface area (Å²) in [6, 6.07) is -0.739. The third-order valence-corrected chi connectivity index (χ3v) is 1.84. The lowest BCUT2D eigenvalue weighted by Crippen LogP contribution is -2.48. The van der Waals surface area contributed by atoms with Gasteiger partial charge in [0.05, 0.1) is 13.3 Å². The van der Waals surface area contributed by atoms with Gasteiger partial charge in [0, 0.05) is 0 Å². The van der Waals surface area contributed by atoms with Crippen LogP contribution in [-0.2, 0) is 9.59 Å². The highest BCUT2D eigenvalue weighted by atomic mass is 16.2. The Hall–Kier alpha value is -2.31. The molecule has 0 atom stereocenters. The summed E-state index contributed by atoms with van der Waals surface area (Å²) in [4.78, 5) is 34.4. The van der Waals surface area contributed by atoms with Crippen LogP contribution in [0, 0.1) is 0 Å². The molecule has 4 amide bonds. The Morgan fingerprint density at radius 3 is 1.67 bits per heavy atom. The van der Waals surface area contributed by atoms with E-state index in [9.17, 15) is 14.4 Å². The van der Waals surface area contributed by atoms with E-state index in [4.69, 9.17) is 5.73 Å². The first-order chi connectivity index (χ1) is 8.51. The number of primary amides is 1. The molecule has 0 aromatic carbocycles. The Labute approximate surface area is 106 Å². The van der Waals surface area contributed by atoms with Gasteiger partial charge in [-0.05, 0) is 26.0 Å². The van der Waals surface area contributed by atoms with Crippen molar-refractivity contribution in [1.29, 1.82) is 0 Å². The van der Waals surface area contributed by atoms with Crippen LogP contribution in [0.1, 0.15) is 13.8 Å². The van der Waals surface area contributed by atoms with Crippen molar-refractivity contribution in [2.45, 2.75) is 13.8 Å². The molecule has 0 heterocycles. The van der Waals surface area contributed by atoms with Crippen LogP contribution in [0.4, 0.5) is 4.79 Å². The molecule has 0 saturated heterocycles. The summed E-state index contributed by atoms with van der Waals surface area (Å²) >= 11 is 0. The first-order valence-electron chi connectivity index (χ1n) is 5.36. The number of rotatable bonds is 6. The van der Waals surface area contributed by atoms with Gasteiger partial charge in [-0.3, -0.25) is 14.5 Å². The summed E-state index contributed by atoms with van der Waals surface area (Å²) in [5, 5.41) is 4.90. The number of nitrogens with two attached hydrogens (primary N) is 1. The molecular formula is C11H18N4O3. The number of nitrogens with one attached hydrogen (secondary N) is 2. The Kier molecular flexibility index (Phi) is 7.67. The molecule has 0 aromatic rings. The second kappa shape index (κ2) is 8.80. The summed E-state index contributed by atoms with van der Waals surface area (Å²) in [6.45, 7) is 3.24.